The number of methoxy groups -OCH3 is 1. The lowest BCUT2D eigenvalue weighted by Crippen LogP contribution is -2.10. The van der Waals surface area contributed by atoms with E-state index in [1.165, 1.54) is 7.11 Å². The van der Waals surface area contributed by atoms with E-state index in [0.717, 1.165) is 11.8 Å². The zero-order valence-corrected chi connectivity index (χ0v) is 11.3. The van der Waals surface area contributed by atoms with Crippen LogP contribution in [0, 0.1) is 0 Å². The molecule has 0 spiro atoms. The Bertz CT molecular complexity index is 537. The quantitative estimate of drug-likeness (QED) is 0.833. The van der Waals surface area contributed by atoms with E-state index in [4.69, 9.17) is 10.5 Å². The van der Waals surface area contributed by atoms with E-state index in [0.29, 0.717) is 25.0 Å². The molecule has 0 bridgehead atoms. The van der Waals surface area contributed by atoms with Gasteiger partial charge in [0.25, 0.3) is 0 Å². The molecular weight excluding hydrogens is 254 g/mol. The van der Waals surface area contributed by atoms with Crippen molar-refractivity contribution in [3.8, 4) is 5.75 Å². The van der Waals surface area contributed by atoms with Gasteiger partial charge in [-0.3, -0.25) is 4.79 Å². The number of sulfone groups is 1. The van der Waals surface area contributed by atoms with E-state index in [1.807, 2.05) is 0 Å². The SMILES string of the molecule is COc1ccc(CCCC(N)=O)cc1S(C)(=O)=O. The Kier molecular flexibility index (Phi) is 4.72. The van der Waals surface area contributed by atoms with Gasteiger partial charge in [0.1, 0.15) is 10.6 Å². The largest absolute Gasteiger partial charge is 0.495 e. The number of nitrogens with two attached hydrogens (primary N) is 1. The van der Waals surface area contributed by atoms with Gasteiger partial charge in [0, 0.05) is 12.7 Å². The molecular formula is C12H17NO4S. The number of carbonyl (C=O) groups is 1. The van der Waals surface area contributed by atoms with E-state index in [9.17, 15) is 13.2 Å². The van der Waals surface area contributed by atoms with Crippen molar-refractivity contribution in [1.82, 2.24) is 0 Å². The van der Waals surface area contributed by atoms with Gasteiger partial charge in [0.15, 0.2) is 9.84 Å². The van der Waals surface area contributed by atoms with Crippen molar-refractivity contribution in [2.45, 2.75) is 24.2 Å². The molecule has 1 aromatic rings. The first-order chi connectivity index (χ1) is 8.34. The molecule has 0 heterocycles. The highest BCUT2D eigenvalue weighted by atomic mass is 32.2. The van der Waals surface area contributed by atoms with Crippen molar-refractivity contribution in [3.63, 3.8) is 0 Å². The fourth-order valence-corrected chi connectivity index (χ4v) is 2.52. The van der Waals surface area contributed by atoms with Crippen LogP contribution in [0.15, 0.2) is 23.1 Å². The van der Waals surface area contributed by atoms with Crippen LogP contribution in [0.4, 0.5) is 0 Å². The van der Waals surface area contributed by atoms with Crippen LogP contribution in [0.5, 0.6) is 5.75 Å². The van der Waals surface area contributed by atoms with Crippen LogP contribution in [-0.4, -0.2) is 27.7 Å². The van der Waals surface area contributed by atoms with Gasteiger partial charge in [0.2, 0.25) is 5.91 Å². The molecule has 0 aromatic heterocycles. The van der Waals surface area contributed by atoms with Crippen LogP contribution in [0.25, 0.3) is 0 Å². The molecule has 100 valence electrons. The van der Waals surface area contributed by atoms with Crippen LogP contribution < -0.4 is 10.5 Å². The molecule has 1 aromatic carbocycles. The number of benzene rings is 1. The predicted molar refractivity (Wildman–Crippen MR) is 68.2 cm³/mol. The first-order valence-electron chi connectivity index (χ1n) is 5.50. The Morgan fingerprint density at radius 1 is 1.39 bits per heavy atom. The highest BCUT2D eigenvalue weighted by Gasteiger charge is 2.14. The zero-order chi connectivity index (χ0) is 13.8. The number of rotatable bonds is 6. The Labute approximate surface area is 107 Å². The third-order valence-electron chi connectivity index (χ3n) is 2.52. The van der Waals surface area contributed by atoms with Crippen molar-refractivity contribution in [1.29, 1.82) is 0 Å². The molecule has 0 saturated heterocycles. The maximum atomic E-state index is 11.6. The van der Waals surface area contributed by atoms with Gasteiger partial charge in [-0.05, 0) is 30.5 Å². The summed E-state index contributed by atoms with van der Waals surface area (Å²) in [5, 5.41) is 0. The van der Waals surface area contributed by atoms with Crippen LogP contribution >= 0.6 is 0 Å². The van der Waals surface area contributed by atoms with Crippen molar-refractivity contribution in [2.24, 2.45) is 5.73 Å². The number of hydrogen-bond donors (Lipinski definition) is 1. The highest BCUT2D eigenvalue weighted by molar-refractivity contribution is 7.90. The monoisotopic (exact) mass is 271 g/mol. The van der Waals surface area contributed by atoms with Crippen LogP contribution in [0.2, 0.25) is 0 Å². The minimum Gasteiger partial charge on any atom is -0.495 e. The van der Waals surface area contributed by atoms with Gasteiger partial charge in [-0.25, -0.2) is 8.42 Å². The average molecular weight is 271 g/mol. The van der Waals surface area contributed by atoms with Gasteiger partial charge in [-0.1, -0.05) is 6.07 Å². The lowest BCUT2D eigenvalue weighted by atomic mass is 10.1. The van der Waals surface area contributed by atoms with E-state index >= 15 is 0 Å². The van der Waals surface area contributed by atoms with Crippen LogP contribution in [0.3, 0.4) is 0 Å². The van der Waals surface area contributed by atoms with Crippen LogP contribution in [0.1, 0.15) is 18.4 Å². The summed E-state index contributed by atoms with van der Waals surface area (Å²) in [4.78, 5) is 10.8. The average Bonchev–Trinajstić information content (AvgIpc) is 2.27. The molecule has 18 heavy (non-hydrogen) atoms. The zero-order valence-electron chi connectivity index (χ0n) is 10.5. The molecule has 0 aliphatic carbocycles. The minimum absolute atomic E-state index is 0.168. The lowest BCUT2D eigenvalue weighted by molar-refractivity contribution is -0.118. The summed E-state index contributed by atoms with van der Waals surface area (Å²) in [7, 11) is -1.90. The van der Waals surface area contributed by atoms with Gasteiger partial charge in [0.05, 0.1) is 7.11 Å². The molecule has 6 heteroatoms. The summed E-state index contributed by atoms with van der Waals surface area (Å²) in [6.45, 7) is 0. The van der Waals surface area contributed by atoms with Gasteiger partial charge < -0.3 is 10.5 Å². The molecule has 0 unspecified atom stereocenters. The second-order valence-electron chi connectivity index (χ2n) is 4.08. The maximum absolute atomic E-state index is 11.6. The lowest BCUT2D eigenvalue weighted by Gasteiger charge is -2.09. The summed E-state index contributed by atoms with van der Waals surface area (Å²) >= 11 is 0. The van der Waals surface area contributed by atoms with E-state index < -0.39 is 9.84 Å². The summed E-state index contributed by atoms with van der Waals surface area (Å²) in [6, 6.07) is 4.99. The summed E-state index contributed by atoms with van der Waals surface area (Å²) in [6.07, 6.45) is 2.64. The Morgan fingerprint density at radius 2 is 2.06 bits per heavy atom. The van der Waals surface area contributed by atoms with Gasteiger partial charge >= 0.3 is 0 Å². The van der Waals surface area contributed by atoms with E-state index in [2.05, 4.69) is 0 Å². The molecule has 0 aliphatic heterocycles. The van der Waals surface area contributed by atoms with Crippen molar-refractivity contribution < 1.29 is 17.9 Å². The predicted octanol–water partition coefficient (Wildman–Crippen LogP) is 0.907. The number of primary amides is 1. The summed E-state index contributed by atoms with van der Waals surface area (Å²) < 4.78 is 28.2. The molecule has 2 N–H and O–H groups in total. The van der Waals surface area contributed by atoms with Crippen molar-refractivity contribution in [2.75, 3.05) is 13.4 Å². The number of amides is 1. The normalized spacial score (nSPS) is 11.2. The van der Waals surface area contributed by atoms with Crippen LogP contribution in [-0.2, 0) is 21.1 Å². The van der Waals surface area contributed by atoms with E-state index in [-0.39, 0.29) is 10.8 Å². The molecule has 0 radical (unpaired) electrons. The smallest absolute Gasteiger partial charge is 0.217 e. The first-order valence-corrected chi connectivity index (χ1v) is 7.39. The maximum Gasteiger partial charge on any atom is 0.217 e. The topological polar surface area (TPSA) is 86.5 Å². The Balaban J connectivity index is 2.93. The molecule has 0 saturated carbocycles. The number of ether oxygens (including phenoxy) is 1. The molecule has 0 fully saturated rings. The van der Waals surface area contributed by atoms with Crippen molar-refractivity contribution in [3.05, 3.63) is 23.8 Å². The first kappa shape index (κ1) is 14.5. The van der Waals surface area contributed by atoms with E-state index in [1.54, 1.807) is 18.2 Å². The summed E-state index contributed by atoms with van der Waals surface area (Å²) in [5.41, 5.74) is 5.89. The van der Waals surface area contributed by atoms with Gasteiger partial charge in [-0.15, -0.1) is 0 Å². The Hall–Kier alpha value is -1.56. The molecule has 5 nitrogen and oxygen atoms in total. The van der Waals surface area contributed by atoms with Crippen molar-refractivity contribution >= 4 is 15.7 Å². The molecule has 1 amide bonds. The highest BCUT2D eigenvalue weighted by Crippen LogP contribution is 2.25. The Morgan fingerprint density at radius 3 is 2.56 bits per heavy atom. The van der Waals surface area contributed by atoms with Gasteiger partial charge in [-0.2, -0.15) is 0 Å². The number of carbonyl (C=O) groups excluding carboxylic acids is 1. The second kappa shape index (κ2) is 5.86. The third kappa shape index (κ3) is 4.03. The third-order valence-corrected chi connectivity index (χ3v) is 3.63. The fraction of sp³-hybridized carbons (Fsp3) is 0.417. The molecule has 1 rings (SSSR count). The standard InChI is InChI=1S/C12H17NO4S/c1-17-10-7-6-9(4-3-5-12(13)14)8-11(10)18(2,15)16/h6-8H,3-5H2,1-2H3,(H2,13,14). The summed E-state index contributed by atoms with van der Waals surface area (Å²) in [5.74, 6) is -0.0250. The minimum atomic E-state index is -3.33. The molecule has 0 atom stereocenters. The number of aryl methyl sites for hydroxylation is 1. The number of hydrogen-bond acceptors (Lipinski definition) is 4. The molecule has 0 aliphatic rings. The second-order valence-corrected chi connectivity index (χ2v) is 6.06. The fourth-order valence-electron chi connectivity index (χ4n) is 1.63.